The largest absolute Gasteiger partial charge is 0.464 e. The highest BCUT2D eigenvalue weighted by Gasteiger charge is 2.47. The molecular weight excluding hydrogens is 922 g/mol. The number of aryl methyl sites for hydroxylation is 1. The van der Waals surface area contributed by atoms with Gasteiger partial charge in [0.25, 0.3) is 17.7 Å². The number of alkyl halides is 1. The maximum atomic E-state index is 16.7. The van der Waals surface area contributed by atoms with Gasteiger partial charge in [-0.3, -0.25) is 44.0 Å². The maximum Gasteiger partial charge on any atom is 0.324 e. The zero-order valence-corrected chi connectivity index (χ0v) is 43.9. The normalized spacial score (nSPS) is 20.3. The first kappa shape index (κ1) is 53.6. The molecule has 18 nitrogen and oxygen atoms in total. The molecule has 7 rings (SSSR count). The number of benzene rings is 1. The number of carbonyl (C=O) groups is 5. The summed E-state index contributed by atoms with van der Waals surface area (Å²) in [5, 5.41) is 12.8. The summed E-state index contributed by atoms with van der Waals surface area (Å²) in [7, 11) is 6.76. The van der Waals surface area contributed by atoms with Gasteiger partial charge in [-0.25, -0.2) is 14.8 Å². The van der Waals surface area contributed by atoms with Crippen molar-refractivity contribution in [2.24, 2.45) is 11.3 Å². The van der Waals surface area contributed by atoms with Crippen molar-refractivity contribution in [2.45, 2.75) is 136 Å². The summed E-state index contributed by atoms with van der Waals surface area (Å²) >= 11 is 0. The molecule has 6 heterocycles. The number of carbonyl (C=O) groups excluding carboxylic acids is 5. The second kappa shape index (κ2) is 21.5. The molecule has 6 bridgehead atoms. The number of pyridine rings is 1. The predicted molar refractivity (Wildman–Crippen MR) is 270 cm³/mol. The van der Waals surface area contributed by atoms with Crippen LogP contribution in [0.25, 0.3) is 33.5 Å². The van der Waals surface area contributed by atoms with Crippen LogP contribution in [0.1, 0.15) is 104 Å². The fourth-order valence-corrected chi connectivity index (χ4v) is 9.84. The molecule has 0 radical (unpaired) electrons. The molecule has 2 saturated heterocycles. The number of hydrogen-bond acceptors (Lipinski definition) is 12. The van der Waals surface area contributed by atoms with Gasteiger partial charge in [0.2, 0.25) is 5.91 Å². The second-order valence-corrected chi connectivity index (χ2v) is 21.3. The van der Waals surface area contributed by atoms with E-state index >= 15 is 4.39 Å². The van der Waals surface area contributed by atoms with E-state index in [9.17, 15) is 24.0 Å². The minimum absolute atomic E-state index is 0.0303. The van der Waals surface area contributed by atoms with Crippen molar-refractivity contribution < 1.29 is 37.8 Å². The smallest absolute Gasteiger partial charge is 0.324 e. The standard InChI is InChI=1S/C53H72FN11O7/c1-13-64-40-19-18-34-28-36(40)37(45(64)35-16-14-24-55-43(35)33(4)71-12)30-51(5,6)31-72-49(69)38-17-15-25-65(60-38)48(68)39(29-41-57-46(34)59-58-41)56-47(67)44(32(2)3)62(11)50(70)53(54)22-26-63(27-23-53)42(66)20-21-52(7,8)61(9)10/h14,16,18-19,24,28,32-33,38-39,44,60H,13,15,17,22-23,25-27,29-31H2,1-12H3,(H,56,67)(H,57,58,59)/t33-,38-,39-,44-/m0/s1. The summed E-state index contributed by atoms with van der Waals surface area (Å²) in [5.41, 5.74) is 5.04. The van der Waals surface area contributed by atoms with E-state index in [-0.39, 0.29) is 51.6 Å². The van der Waals surface area contributed by atoms with Gasteiger partial charge in [-0.2, -0.15) is 5.10 Å². The van der Waals surface area contributed by atoms with Crippen molar-refractivity contribution in [1.82, 2.24) is 55.2 Å². The Morgan fingerprint density at radius 2 is 1.81 bits per heavy atom. The lowest BCUT2D eigenvalue weighted by molar-refractivity contribution is -0.156. The van der Waals surface area contributed by atoms with Gasteiger partial charge in [-0.05, 0) is 109 Å². The van der Waals surface area contributed by atoms with Gasteiger partial charge in [0.05, 0.1) is 29.6 Å². The van der Waals surface area contributed by atoms with Gasteiger partial charge < -0.3 is 29.2 Å². The number of rotatable bonds is 10. The Morgan fingerprint density at radius 1 is 1.08 bits per heavy atom. The molecule has 0 spiro atoms. The lowest BCUT2D eigenvalue weighted by Gasteiger charge is -2.40. The lowest BCUT2D eigenvalue weighted by Crippen LogP contribution is -2.63. The molecule has 2 fully saturated rings. The number of cyclic esters (lactones) is 1. The first-order valence-corrected chi connectivity index (χ1v) is 25.0. The van der Waals surface area contributed by atoms with Gasteiger partial charge in [-0.1, -0.05) is 33.6 Å². The highest BCUT2D eigenvalue weighted by atomic mass is 19.1. The fourth-order valence-electron chi connectivity index (χ4n) is 9.84. The third kappa shape index (κ3) is 11.2. The Hall–Kier alpha value is -6.23. The number of likely N-dealkylation sites (N-methyl/N-ethyl adjacent to an activating group) is 1. The highest BCUT2D eigenvalue weighted by molar-refractivity contribution is 5.97. The van der Waals surface area contributed by atoms with E-state index in [1.165, 1.54) is 17.0 Å². The van der Waals surface area contributed by atoms with Crippen molar-refractivity contribution >= 4 is 40.5 Å². The topological polar surface area (TPSA) is 200 Å². The average Bonchev–Trinajstić information content (AvgIpc) is 3.95. The van der Waals surface area contributed by atoms with Crippen LogP contribution in [0.15, 0.2) is 36.5 Å². The van der Waals surface area contributed by atoms with Crippen LogP contribution in [0.3, 0.4) is 0 Å². The van der Waals surface area contributed by atoms with Crippen molar-refractivity contribution in [3.05, 3.63) is 53.6 Å². The van der Waals surface area contributed by atoms with Gasteiger partial charge in [0.1, 0.15) is 23.9 Å². The number of piperidine rings is 1. The van der Waals surface area contributed by atoms with Crippen LogP contribution >= 0.6 is 0 Å². The number of halogens is 1. The molecule has 0 saturated carbocycles. The number of H-pyrrole nitrogens is 1. The van der Waals surface area contributed by atoms with E-state index in [1.807, 2.05) is 58.0 Å². The van der Waals surface area contributed by atoms with Gasteiger partial charge >= 0.3 is 5.97 Å². The van der Waals surface area contributed by atoms with Gasteiger partial charge in [-0.15, -0.1) is 0 Å². The Kier molecular flexibility index (Phi) is 16.0. The van der Waals surface area contributed by atoms with E-state index in [0.29, 0.717) is 43.0 Å². The van der Waals surface area contributed by atoms with E-state index in [1.54, 1.807) is 27.2 Å². The molecule has 19 heteroatoms. The number of amides is 4. The summed E-state index contributed by atoms with van der Waals surface area (Å²) in [5.74, 6) is 2.70. The summed E-state index contributed by atoms with van der Waals surface area (Å²) in [4.78, 5) is 84.4. The number of methoxy groups -OCH3 is 1. The number of ether oxygens (including phenoxy) is 2. The molecule has 72 heavy (non-hydrogen) atoms. The average molecular weight is 994 g/mol. The Morgan fingerprint density at radius 3 is 2.47 bits per heavy atom. The van der Waals surface area contributed by atoms with Crippen LogP contribution in [0.4, 0.5) is 4.39 Å². The van der Waals surface area contributed by atoms with Gasteiger partial charge in [0, 0.05) is 93.2 Å². The second-order valence-electron chi connectivity index (χ2n) is 21.3. The van der Waals surface area contributed by atoms with Crippen molar-refractivity contribution in [1.29, 1.82) is 0 Å². The lowest BCUT2D eigenvalue weighted by atomic mass is 9.84. The molecule has 0 aliphatic carbocycles. The van der Waals surface area contributed by atoms with Crippen LogP contribution < -0.4 is 10.7 Å². The van der Waals surface area contributed by atoms with Crippen molar-refractivity contribution in [3.63, 3.8) is 0 Å². The van der Waals surface area contributed by atoms with Crippen LogP contribution in [0.5, 0.6) is 0 Å². The SMILES string of the molecule is CCn1c(-c2cccnc2[C@H](C)OC)c2c3cc(ccc31)-c1n[nH]c(n1)C[C@H](NC(=O)[C@H](C(C)C)N(C)C(=O)C1(F)CCN(C(=O)C#CC(C)(C)N(C)C)CC1)C(=O)N1CCC[C@H](N1)C(=O)OCC(C)(C)C2. The number of likely N-dealkylation sites (tertiary alicyclic amines) is 1. The molecule has 1 aromatic carbocycles. The van der Waals surface area contributed by atoms with Crippen molar-refractivity contribution in [3.8, 4) is 34.5 Å². The van der Waals surface area contributed by atoms with E-state index < -0.39 is 70.3 Å². The van der Waals surface area contributed by atoms with E-state index in [4.69, 9.17) is 19.4 Å². The minimum Gasteiger partial charge on any atom is -0.464 e. The molecule has 3 aromatic heterocycles. The Bertz CT molecular complexity index is 2740. The number of esters is 1. The predicted octanol–water partition coefficient (Wildman–Crippen LogP) is 5.02. The molecule has 4 atom stereocenters. The Labute approximate surface area is 422 Å². The molecule has 4 aromatic rings. The van der Waals surface area contributed by atoms with Crippen LogP contribution in [0.2, 0.25) is 0 Å². The minimum atomic E-state index is -2.35. The van der Waals surface area contributed by atoms with Crippen LogP contribution in [-0.4, -0.2) is 158 Å². The maximum absolute atomic E-state index is 16.7. The number of nitrogens with one attached hydrogen (secondary N) is 3. The van der Waals surface area contributed by atoms with Gasteiger partial charge in [0.15, 0.2) is 11.5 Å². The molecule has 3 N–H and O–H groups in total. The number of fused-ring (bicyclic) bond motifs is 6. The molecule has 3 aliphatic heterocycles. The van der Waals surface area contributed by atoms with Crippen LogP contribution in [-0.2, 0) is 52.8 Å². The summed E-state index contributed by atoms with van der Waals surface area (Å²) in [6, 6.07) is 6.70. The van der Waals surface area contributed by atoms with E-state index in [2.05, 4.69) is 70.3 Å². The summed E-state index contributed by atoms with van der Waals surface area (Å²) in [6.45, 7) is 16.3. The number of aromatic nitrogens is 5. The quantitative estimate of drug-likeness (QED) is 0.142. The first-order chi connectivity index (χ1) is 34.0. The molecule has 4 amide bonds. The molecule has 0 unspecified atom stereocenters. The van der Waals surface area contributed by atoms with Crippen molar-refractivity contribution in [2.75, 3.05) is 54.5 Å². The molecule has 388 valence electrons. The summed E-state index contributed by atoms with van der Waals surface area (Å²) in [6.07, 6.45) is 2.18. The highest BCUT2D eigenvalue weighted by Crippen LogP contribution is 2.42. The third-order valence-electron chi connectivity index (χ3n) is 14.6. The third-order valence-corrected chi connectivity index (χ3v) is 14.6. The monoisotopic (exact) mass is 994 g/mol. The van der Waals surface area contributed by atoms with E-state index in [0.717, 1.165) is 38.3 Å². The number of aromatic amines is 1. The number of hydrogen-bond donors (Lipinski definition) is 3. The summed E-state index contributed by atoms with van der Waals surface area (Å²) < 4.78 is 30.9. The number of nitrogens with zero attached hydrogens (tertiary/aromatic N) is 8. The zero-order chi connectivity index (χ0) is 52.4. The number of hydrazine groups is 1. The fraction of sp³-hybridized carbons (Fsp3) is 0.585. The first-order valence-electron chi connectivity index (χ1n) is 25.0. The molecular formula is C53H72FN11O7. The molecule has 3 aliphatic rings. The zero-order valence-electron chi connectivity index (χ0n) is 43.9. The Balaban J connectivity index is 1.20. The van der Waals surface area contributed by atoms with Crippen LogP contribution in [0, 0.1) is 23.2 Å².